The summed E-state index contributed by atoms with van der Waals surface area (Å²) in [6.45, 7) is 4.30. The molecule has 1 atom stereocenters. The van der Waals surface area contributed by atoms with Crippen LogP contribution >= 0.6 is 0 Å². The molecular weight excluding hydrogens is 342 g/mol. The molecule has 7 heteroatoms. The van der Waals surface area contributed by atoms with Crippen molar-refractivity contribution >= 4 is 11.8 Å². The molecule has 1 aromatic rings. The van der Waals surface area contributed by atoms with E-state index in [4.69, 9.17) is 0 Å². The largest absolute Gasteiger partial charge is 0.344 e. The fraction of sp³-hybridized carbons (Fsp3) is 0.750. The average Bonchev–Trinajstić information content (AvgIpc) is 3.26. The van der Waals surface area contributed by atoms with Gasteiger partial charge in [-0.3, -0.25) is 14.5 Å². The van der Waals surface area contributed by atoms with Crippen LogP contribution in [0.5, 0.6) is 0 Å². The SMILES string of the molecule is O=C1CCC(C(=O)N2CCCN(Cc3cncn3C3CCCCC3)CC2)N1. The van der Waals surface area contributed by atoms with Crippen molar-refractivity contribution in [2.24, 2.45) is 0 Å². The Morgan fingerprint density at radius 2 is 1.93 bits per heavy atom. The molecule has 7 nitrogen and oxygen atoms in total. The topological polar surface area (TPSA) is 70.5 Å². The minimum atomic E-state index is -0.309. The summed E-state index contributed by atoms with van der Waals surface area (Å²) < 4.78 is 2.39. The molecular formula is C20H31N5O2. The van der Waals surface area contributed by atoms with Gasteiger partial charge < -0.3 is 14.8 Å². The van der Waals surface area contributed by atoms with Crippen molar-refractivity contribution in [3.05, 3.63) is 18.2 Å². The van der Waals surface area contributed by atoms with Crippen molar-refractivity contribution in [3.8, 4) is 0 Å². The predicted octanol–water partition coefficient (Wildman–Crippen LogP) is 1.70. The van der Waals surface area contributed by atoms with E-state index in [1.807, 2.05) is 17.4 Å². The van der Waals surface area contributed by atoms with E-state index < -0.39 is 0 Å². The van der Waals surface area contributed by atoms with Gasteiger partial charge >= 0.3 is 0 Å². The lowest BCUT2D eigenvalue weighted by Crippen LogP contribution is -2.45. The number of hydrogen-bond acceptors (Lipinski definition) is 4. The van der Waals surface area contributed by atoms with Gasteiger partial charge in [0.2, 0.25) is 11.8 Å². The Bertz CT molecular complexity index is 667. The summed E-state index contributed by atoms with van der Waals surface area (Å²) in [7, 11) is 0. The Kier molecular flexibility index (Phi) is 5.76. The summed E-state index contributed by atoms with van der Waals surface area (Å²) in [5.74, 6) is 0.0933. The second kappa shape index (κ2) is 8.42. The van der Waals surface area contributed by atoms with Gasteiger partial charge in [0.05, 0.1) is 12.0 Å². The van der Waals surface area contributed by atoms with E-state index in [0.717, 1.165) is 39.1 Å². The molecule has 0 radical (unpaired) electrons. The number of aromatic nitrogens is 2. The molecule has 3 aliphatic rings. The van der Waals surface area contributed by atoms with Crippen LogP contribution < -0.4 is 5.32 Å². The van der Waals surface area contributed by atoms with E-state index in [1.54, 1.807) is 0 Å². The first-order valence-corrected chi connectivity index (χ1v) is 10.5. The Morgan fingerprint density at radius 3 is 2.70 bits per heavy atom. The predicted molar refractivity (Wildman–Crippen MR) is 102 cm³/mol. The zero-order chi connectivity index (χ0) is 18.6. The molecule has 148 valence electrons. The van der Waals surface area contributed by atoms with E-state index in [1.165, 1.54) is 37.8 Å². The third kappa shape index (κ3) is 4.34. The molecule has 3 heterocycles. The minimum absolute atomic E-state index is 0.000716. The van der Waals surface area contributed by atoms with Gasteiger partial charge in [-0.05, 0) is 25.7 Å². The highest BCUT2D eigenvalue weighted by atomic mass is 16.2. The first-order valence-electron chi connectivity index (χ1n) is 10.5. The normalized spacial score (nSPS) is 25.4. The number of nitrogens with one attached hydrogen (secondary N) is 1. The van der Waals surface area contributed by atoms with Crippen LogP contribution in [0, 0.1) is 0 Å². The molecule has 2 saturated heterocycles. The monoisotopic (exact) mass is 373 g/mol. The number of carbonyl (C=O) groups is 2. The van der Waals surface area contributed by atoms with Gasteiger partial charge in [-0.1, -0.05) is 19.3 Å². The molecule has 1 saturated carbocycles. The number of rotatable bonds is 4. The van der Waals surface area contributed by atoms with Crippen LogP contribution in [-0.4, -0.2) is 63.4 Å². The molecule has 0 bridgehead atoms. The first-order chi connectivity index (χ1) is 13.2. The smallest absolute Gasteiger partial charge is 0.245 e. The lowest BCUT2D eigenvalue weighted by Gasteiger charge is -2.27. The Labute approximate surface area is 161 Å². The zero-order valence-corrected chi connectivity index (χ0v) is 16.1. The van der Waals surface area contributed by atoms with E-state index in [-0.39, 0.29) is 17.9 Å². The summed E-state index contributed by atoms with van der Waals surface area (Å²) in [4.78, 5) is 32.9. The number of carbonyl (C=O) groups excluding carboxylic acids is 2. The first kappa shape index (κ1) is 18.5. The molecule has 1 unspecified atom stereocenters. The number of hydrogen-bond donors (Lipinski definition) is 1. The molecule has 0 aromatic carbocycles. The van der Waals surface area contributed by atoms with Gasteiger partial charge in [0, 0.05) is 51.4 Å². The van der Waals surface area contributed by atoms with Crippen LogP contribution in [0.1, 0.15) is 63.1 Å². The molecule has 2 aliphatic heterocycles. The molecule has 1 aliphatic carbocycles. The number of amides is 2. The van der Waals surface area contributed by atoms with Crippen LogP contribution in [0.25, 0.3) is 0 Å². The quantitative estimate of drug-likeness (QED) is 0.872. The second-order valence-electron chi connectivity index (χ2n) is 8.20. The van der Waals surface area contributed by atoms with Crippen LogP contribution in [0.2, 0.25) is 0 Å². The molecule has 4 rings (SSSR count). The Morgan fingerprint density at radius 1 is 1.07 bits per heavy atom. The Balaban J connectivity index is 1.33. The molecule has 27 heavy (non-hydrogen) atoms. The van der Waals surface area contributed by atoms with Gasteiger partial charge in [0.15, 0.2) is 0 Å². The van der Waals surface area contributed by atoms with Crippen molar-refractivity contribution in [3.63, 3.8) is 0 Å². The summed E-state index contributed by atoms with van der Waals surface area (Å²) >= 11 is 0. The lowest BCUT2D eigenvalue weighted by molar-refractivity contribution is -0.134. The van der Waals surface area contributed by atoms with Gasteiger partial charge in [0.1, 0.15) is 6.04 Å². The van der Waals surface area contributed by atoms with E-state index in [9.17, 15) is 9.59 Å². The van der Waals surface area contributed by atoms with Gasteiger partial charge in [-0.25, -0.2) is 4.98 Å². The van der Waals surface area contributed by atoms with E-state index >= 15 is 0 Å². The van der Waals surface area contributed by atoms with Crippen molar-refractivity contribution < 1.29 is 9.59 Å². The van der Waals surface area contributed by atoms with Gasteiger partial charge in [-0.15, -0.1) is 0 Å². The zero-order valence-electron chi connectivity index (χ0n) is 16.1. The summed E-state index contributed by atoms with van der Waals surface area (Å²) in [6.07, 6.45) is 12.6. The fourth-order valence-electron chi connectivity index (χ4n) is 4.74. The van der Waals surface area contributed by atoms with Crippen molar-refractivity contribution in [2.75, 3.05) is 26.2 Å². The lowest BCUT2D eigenvalue weighted by atomic mass is 9.95. The number of nitrogens with zero attached hydrogens (tertiary/aromatic N) is 4. The molecule has 2 amide bonds. The average molecular weight is 374 g/mol. The Hall–Kier alpha value is -1.89. The maximum Gasteiger partial charge on any atom is 0.245 e. The van der Waals surface area contributed by atoms with Crippen LogP contribution in [0.4, 0.5) is 0 Å². The summed E-state index contributed by atoms with van der Waals surface area (Å²) in [5, 5.41) is 2.81. The van der Waals surface area contributed by atoms with E-state index in [0.29, 0.717) is 18.9 Å². The van der Waals surface area contributed by atoms with Crippen LogP contribution in [0.3, 0.4) is 0 Å². The molecule has 3 fully saturated rings. The fourth-order valence-corrected chi connectivity index (χ4v) is 4.74. The summed E-state index contributed by atoms with van der Waals surface area (Å²) in [5.41, 5.74) is 1.30. The summed E-state index contributed by atoms with van der Waals surface area (Å²) in [6, 6.07) is 0.295. The second-order valence-corrected chi connectivity index (χ2v) is 8.20. The van der Waals surface area contributed by atoms with Crippen LogP contribution in [0.15, 0.2) is 12.5 Å². The third-order valence-corrected chi connectivity index (χ3v) is 6.29. The minimum Gasteiger partial charge on any atom is -0.344 e. The van der Waals surface area contributed by atoms with Gasteiger partial charge in [0.25, 0.3) is 0 Å². The number of imidazole rings is 1. The van der Waals surface area contributed by atoms with E-state index in [2.05, 4.69) is 19.8 Å². The van der Waals surface area contributed by atoms with Gasteiger partial charge in [-0.2, -0.15) is 0 Å². The highest BCUT2D eigenvalue weighted by molar-refractivity contribution is 5.90. The van der Waals surface area contributed by atoms with Crippen molar-refractivity contribution in [1.29, 1.82) is 0 Å². The maximum atomic E-state index is 12.7. The van der Waals surface area contributed by atoms with Crippen LogP contribution in [-0.2, 0) is 16.1 Å². The molecule has 1 N–H and O–H groups in total. The van der Waals surface area contributed by atoms with Crippen molar-refractivity contribution in [2.45, 2.75) is 70.0 Å². The highest BCUT2D eigenvalue weighted by Gasteiger charge is 2.31. The third-order valence-electron chi connectivity index (χ3n) is 6.29. The standard InChI is InChI=1S/C20H31N5O2/c26-19-8-7-18(22-19)20(27)24-10-4-9-23(11-12-24)14-17-13-21-15-25(17)16-5-2-1-3-6-16/h13,15-16,18H,1-12,14H2,(H,22,26). The molecule has 0 spiro atoms. The van der Waals surface area contributed by atoms with Crippen molar-refractivity contribution in [1.82, 2.24) is 24.7 Å². The maximum absolute atomic E-state index is 12.7. The molecule has 1 aromatic heterocycles. The highest BCUT2D eigenvalue weighted by Crippen LogP contribution is 2.29.